The van der Waals surface area contributed by atoms with Gasteiger partial charge in [0.2, 0.25) is 0 Å². The standard InChI is InChI=1S/C9H11F3N2O2S/c10-9(11,12)17(15,16)14-7-3-5-8-4-1-2-6-13-8/h1-2,4,6,14H,3,5,7H2. The van der Waals surface area contributed by atoms with Crippen LogP contribution in [-0.2, 0) is 16.4 Å². The Labute approximate surface area is 96.9 Å². The van der Waals surface area contributed by atoms with Gasteiger partial charge in [-0.1, -0.05) is 6.07 Å². The second-order valence-corrected chi connectivity index (χ2v) is 5.03. The van der Waals surface area contributed by atoms with Crippen molar-refractivity contribution in [1.82, 2.24) is 9.71 Å². The van der Waals surface area contributed by atoms with Gasteiger partial charge in [-0.15, -0.1) is 0 Å². The predicted octanol–water partition coefficient (Wildman–Crippen LogP) is 1.45. The van der Waals surface area contributed by atoms with Crippen LogP contribution >= 0.6 is 0 Å². The molecule has 1 aromatic heterocycles. The number of alkyl halides is 3. The number of aromatic nitrogens is 1. The molecule has 17 heavy (non-hydrogen) atoms. The summed E-state index contributed by atoms with van der Waals surface area (Å²) in [6.07, 6.45) is 2.24. The van der Waals surface area contributed by atoms with E-state index < -0.39 is 15.5 Å². The summed E-state index contributed by atoms with van der Waals surface area (Å²) < 4.78 is 58.5. The Bertz CT molecular complexity index is 445. The number of pyridine rings is 1. The molecule has 0 atom stereocenters. The quantitative estimate of drug-likeness (QED) is 0.822. The van der Waals surface area contributed by atoms with Crippen LogP contribution in [-0.4, -0.2) is 25.5 Å². The maximum Gasteiger partial charge on any atom is 0.511 e. The summed E-state index contributed by atoms with van der Waals surface area (Å²) in [5.74, 6) is 0. The Morgan fingerprint density at radius 2 is 2.00 bits per heavy atom. The number of rotatable bonds is 5. The number of nitrogens with zero attached hydrogens (tertiary/aromatic N) is 1. The van der Waals surface area contributed by atoms with Crippen molar-refractivity contribution in [2.75, 3.05) is 6.54 Å². The van der Waals surface area contributed by atoms with E-state index in [0.717, 1.165) is 0 Å². The van der Waals surface area contributed by atoms with Gasteiger partial charge in [-0.3, -0.25) is 4.98 Å². The molecule has 0 aliphatic heterocycles. The van der Waals surface area contributed by atoms with Crippen LogP contribution in [0.4, 0.5) is 13.2 Å². The van der Waals surface area contributed by atoms with Crippen molar-refractivity contribution in [3.05, 3.63) is 30.1 Å². The second-order valence-electron chi connectivity index (χ2n) is 3.27. The highest BCUT2D eigenvalue weighted by atomic mass is 32.2. The van der Waals surface area contributed by atoms with Crippen molar-refractivity contribution >= 4 is 10.0 Å². The monoisotopic (exact) mass is 268 g/mol. The van der Waals surface area contributed by atoms with E-state index in [9.17, 15) is 21.6 Å². The van der Waals surface area contributed by atoms with Crippen LogP contribution in [0.3, 0.4) is 0 Å². The molecule has 96 valence electrons. The van der Waals surface area contributed by atoms with Gasteiger partial charge in [0.1, 0.15) is 0 Å². The third kappa shape index (κ3) is 4.31. The number of hydrogen-bond donors (Lipinski definition) is 1. The van der Waals surface area contributed by atoms with E-state index in [1.165, 1.54) is 4.72 Å². The molecular formula is C9H11F3N2O2S. The van der Waals surface area contributed by atoms with Gasteiger partial charge in [0.25, 0.3) is 0 Å². The summed E-state index contributed by atoms with van der Waals surface area (Å²) in [6, 6.07) is 5.19. The molecule has 0 saturated heterocycles. The first-order chi connectivity index (χ1) is 7.83. The topological polar surface area (TPSA) is 59.1 Å². The minimum atomic E-state index is -5.25. The number of aryl methyl sites for hydroxylation is 1. The highest BCUT2D eigenvalue weighted by molar-refractivity contribution is 7.90. The van der Waals surface area contributed by atoms with Gasteiger partial charge in [0.15, 0.2) is 0 Å². The van der Waals surface area contributed by atoms with Crippen LogP contribution in [0.5, 0.6) is 0 Å². The zero-order valence-corrected chi connectivity index (χ0v) is 9.55. The van der Waals surface area contributed by atoms with Crippen molar-refractivity contribution in [3.8, 4) is 0 Å². The second kappa shape index (κ2) is 5.46. The van der Waals surface area contributed by atoms with E-state index >= 15 is 0 Å². The molecule has 1 rings (SSSR count). The molecule has 4 nitrogen and oxygen atoms in total. The molecule has 0 bridgehead atoms. The summed E-state index contributed by atoms with van der Waals surface area (Å²) in [5, 5.41) is 0. The van der Waals surface area contributed by atoms with E-state index in [0.29, 0.717) is 12.1 Å². The molecule has 1 heterocycles. The fourth-order valence-electron chi connectivity index (χ4n) is 1.10. The average Bonchev–Trinajstić information content (AvgIpc) is 2.24. The van der Waals surface area contributed by atoms with Gasteiger partial charge in [-0.05, 0) is 25.0 Å². The lowest BCUT2D eigenvalue weighted by molar-refractivity contribution is -0.0447. The van der Waals surface area contributed by atoms with Crippen LogP contribution in [0, 0.1) is 0 Å². The van der Waals surface area contributed by atoms with Crippen molar-refractivity contribution in [2.45, 2.75) is 18.3 Å². The van der Waals surface area contributed by atoms with E-state index in [2.05, 4.69) is 4.98 Å². The molecule has 0 aromatic carbocycles. The smallest absolute Gasteiger partial charge is 0.261 e. The predicted molar refractivity (Wildman–Crippen MR) is 55.5 cm³/mol. The van der Waals surface area contributed by atoms with Gasteiger partial charge in [-0.2, -0.15) is 13.2 Å². The van der Waals surface area contributed by atoms with Crippen LogP contribution in [0.1, 0.15) is 12.1 Å². The average molecular weight is 268 g/mol. The first-order valence-electron chi connectivity index (χ1n) is 4.79. The molecule has 0 saturated carbocycles. The van der Waals surface area contributed by atoms with Crippen molar-refractivity contribution < 1.29 is 21.6 Å². The molecule has 0 unspecified atom stereocenters. The van der Waals surface area contributed by atoms with Crippen molar-refractivity contribution in [2.24, 2.45) is 0 Å². The van der Waals surface area contributed by atoms with E-state index in [4.69, 9.17) is 0 Å². The van der Waals surface area contributed by atoms with Gasteiger partial charge in [0.05, 0.1) is 0 Å². The number of halogens is 3. The molecule has 1 N–H and O–H groups in total. The summed E-state index contributed by atoms with van der Waals surface area (Å²) in [6.45, 7) is -0.265. The molecule has 0 aliphatic rings. The Hall–Kier alpha value is -1.15. The fourth-order valence-corrected chi connectivity index (χ4v) is 1.68. The normalized spacial score (nSPS) is 12.6. The lowest BCUT2D eigenvalue weighted by atomic mass is 10.2. The van der Waals surface area contributed by atoms with Gasteiger partial charge >= 0.3 is 15.5 Å². The first-order valence-corrected chi connectivity index (χ1v) is 6.27. The summed E-state index contributed by atoms with van der Waals surface area (Å²) >= 11 is 0. The minimum absolute atomic E-state index is 0.256. The Morgan fingerprint density at radius 3 is 2.53 bits per heavy atom. The molecule has 0 radical (unpaired) electrons. The third-order valence-electron chi connectivity index (χ3n) is 1.93. The number of nitrogens with one attached hydrogen (secondary N) is 1. The maximum atomic E-state index is 11.9. The lowest BCUT2D eigenvalue weighted by Crippen LogP contribution is -2.37. The van der Waals surface area contributed by atoms with Crippen molar-refractivity contribution in [3.63, 3.8) is 0 Å². The molecular weight excluding hydrogens is 257 g/mol. The molecule has 8 heteroatoms. The molecule has 0 aliphatic carbocycles. The van der Waals surface area contributed by atoms with E-state index in [-0.39, 0.29) is 13.0 Å². The summed E-state index contributed by atoms with van der Waals surface area (Å²) in [5.41, 5.74) is -4.54. The zero-order chi connectivity index (χ0) is 12.9. The molecule has 0 fully saturated rings. The van der Waals surface area contributed by atoms with Crippen LogP contribution in [0.25, 0.3) is 0 Å². The van der Waals surface area contributed by atoms with Gasteiger partial charge in [0, 0.05) is 18.4 Å². The lowest BCUT2D eigenvalue weighted by Gasteiger charge is -2.08. The van der Waals surface area contributed by atoms with E-state index in [1.54, 1.807) is 24.4 Å². The Balaban J connectivity index is 2.35. The highest BCUT2D eigenvalue weighted by Gasteiger charge is 2.45. The zero-order valence-electron chi connectivity index (χ0n) is 8.74. The third-order valence-corrected chi connectivity index (χ3v) is 3.13. The van der Waals surface area contributed by atoms with E-state index in [1.807, 2.05) is 0 Å². The minimum Gasteiger partial charge on any atom is -0.261 e. The first kappa shape index (κ1) is 13.9. The largest absolute Gasteiger partial charge is 0.511 e. The Morgan fingerprint density at radius 1 is 1.29 bits per heavy atom. The van der Waals surface area contributed by atoms with Crippen LogP contribution < -0.4 is 4.72 Å². The Kier molecular flexibility index (Phi) is 4.47. The molecule has 0 spiro atoms. The van der Waals surface area contributed by atoms with Gasteiger partial charge < -0.3 is 0 Å². The maximum absolute atomic E-state index is 11.9. The summed E-state index contributed by atoms with van der Waals surface area (Å²) in [4.78, 5) is 3.96. The van der Waals surface area contributed by atoms with Crippen LogP contribution in [0.15, 0.2) is 24.4 Å². The molecule has 0 amide bonds. The highest BCUT2D eigenvalue weighted by Crippen LogP contribution is 2.21. The fraction of sp³-hybridized carbons (Fsp3) is 0.444. The van der Waals surface area contributed by atoms with Gasteiger partial charge in [-0.25, -0.2) is 13.1 Å². The number of hydrogen-bond acceptors (Lipinski definition) is 3. The summed E-state index contributed by atoms with van der Waals surface area (Å²) in [7, 11) is -5.22. The van der Waals surface area contributed by atoms with Crippen LogP contribution in [0.2, 0.25) is 0 Å². The van der Waals surface area contributed by atoms with Crippen molar-refractivity contribution in [1.29, 1.82) is 0 Å². The molecule has 1 aromatic rings. The SMILES string of the molecule is O=S(=O)(NCCCc1ccccn1)C(F)(F)F. The number of sulfonamides is 1.